The lowest BCUT2D eigenvalue weighted by Gasteiger charge is -2.28. The van der Waals surface area contributed by atoms with E-state index < -0.39 is 17.7 Å². The lowest BCUT2D eigenvalue weighted by atomic mass is 9.92. The molecule has 0 radical (unpaired) electrons. The maximum atomic E-state index is 13.0. The molecule has 0 aromatic heterocycles. The molecule has 0 spiro atoms. The van der Waals surface area contributed by atoms with E-state index in [-0.39, 0.29) is 5.92 Å². The number of alkyl halides is 5. The molecule has 1 heterocycles. The average molecular weight is 251 g/mol. The zero-order chi connectivity index (χ0) is 12.7. The first-order valence-electron chi connectivity index (χ1n) is 5.08. The van der Waals surface area contributed by atoms with Crippen molar-refractivity contribution in [2.24, 2.45) is 0 Å². The summed E-state index contributed by atoms with van der Waals surface area (Å²) < 4.78 is 62.2. The maximum Gasteiger partial charge on any atom is 0.458 e. The van der Waals surface area contributed by atoms with Gasteiger partial charge in [0.05, 0.1) is 0 Å². The first-order chi connectivity index (χ1) is 7.82. The van der Waals surface area contributed by atoms with Gasteiger partial charge in [-0.25, -0.2) is 0 Å². The van der Waals surface area contributed by atoms with Crippen molar-refractivity contribution in [3.8, 4) is 0 Å². The largest absolute Gasteiger partial charge is 0.458 e. The Labute approximate surface area is 94.6 Å². The molecule has 0 unspecified atom stereocenters. The van der Waals surface area contributed by atoms with Crippen LogP contribution < -0.4 is 5.32 Å². The zero-order valence-electron chi connectivity index (χ0n) is 8.69. The van der Waals surface area contributed by atoms with Crippen LogP contribution >= 0.6 is 0 Å². The quantitative estimate of drug-likeness (QED) is 0.797. The molecule has 17 heavy (non-hydrogen) atoms. The second kappa shape index (κ2) is 3.94. The van der Waals surface area contributed by atoms with Gasteiger partial charge in [-0.05, 0) is 5.56 Å². The van der Waals surface area contributed by atoms with E-state index >= 15 is 0 Å². The van der Waals surface area contributed by atoms with Crippen molar-refractivity contribution >= 4 is 0 Å². The van der Waals surface area contributed by atoms with Gasteiger partial charge in [0.15, 0.2) is 0 Å². The summed E-state index contributed by atoms with van der Waals surface area (Å²) in [5.74, 6) is -4.58. The van der Waals surface area contributed by atoms with Gasteiger partial charge in [-0.3, -0.25) is 0 Å². The first-order valence-corrected chi connectivity index (χ1v) is 5.08. The molecular formula is C11H10F5N. The summed E-state index contributed by atoms with van der Waals surface area (Å²) in [6, 6.07) is 4.36. The van der Waals surface area contributed by atoms with Crippen LogP contribution in [0.4, 0.5) is 22.0 Å². The van der Waals surface area contributed by atoms with Crippen LogP contribution in [0.3, 0.4) is 0 Å². The molecule has 0 atom stereocenters. The molecule has 0 saturated carbocycles. The Morgan fingerprint density at radius 2 is 1.47 bits per heavy atom. The van der Waals surface area contributed by atoms with E-state index in [9.17, 15) is 22.0 Å². The lowest BCUT2D eigenvalue weighted by Crippen LogP contribution is -2.40. The summed E-state index contributed by atoms with van der Waals surface area (Å²) in [5, 5.41) is 3.00. The fourth-order valence-corrected chi connectivity index (χ4v) is 1.65. The van der Waals surface area contributed by atoms with Crippen LogP contribution in [0.1, 0.15) is 17.0 Å². The third-order valence-corrected chi connectivity index (χ3v) is 2.88. The van der Waals surface area contributed by atoms with Crippen LogP contribution in [0.2, 0.25) is 0 Å². The molecule has 1 saturated heterocycles. The van der Waals surface area contributed by atoms with Crippen LogP contribution in [-0.4, -0.2) is 19.3 Å². The third kappa shape index (κ3) is 2.13. The number of nitrogens with one attached hydrogen (secondary N) is 1. The van der Waals surface area contributed by atoms with Gasteiger partial charge in [0.1, 0.15) is 0 Å². The van der Waals surface area contributed by atoms with Crippen LogP contribution in [0.25, 0.3) is 0 Å². The molecule has 94 valence electrons. The molecule has 6 heteroatoms. The molecule has 1 aliphatic rings. The number of rotatable bonds is 2. The number of benzene rings is 1. The van der Waals surface area contributed by atoms with Crippen molar-refractivity contribution in [3.63, 3.8) is 0 Å². The topological polar surface area (TPSA) is 12.0 Å². The summed E-state index contributed by atoms with van der Waals surface area (Å²) in [5.41, 5.74) is -0.230. The minimum Gasteiger partial charge on any atom is -0.315 e. The molecule has 0 bridgehead atoms. The summed E-state index contributed by atoms with van der Waals surface area (Å²) in [7, 11) is 0. The standard InChI is InChI=1S/C11H10F5N/c12-10(13,11(14,15)16)9-3-1-7(2-4-9)8-5-17-6-8/h1-4,8,17H,5-6H2. The van der Waals surface area contributed by atoms with Crippen molar-refractivity contribution < 1.29 is 22.0 Å². The van der Waals surface area contributed by atoms with Gasteiger partial charge in [0.25, 0.3) is 0 Å². The van der Waals surface area contributed by atoms with Crippen molar-refractivity contribution in [1.29, 1.82) is 0 Å². The van der Waals surface area contributed by atoms with E-state index in [1.807, 2.05) is 0 Å². The number of hydrogen-bond acceptors (Lipinski definition) is 1. The fraction of sp³-hybridized carbons (Fsp3) is 0.455. The second-order valence-electron chi connectivity index (χ2n) is 4.05. The SMILES string of the molecule is FC(F)(F)C(F)(F)c1ccc(C2CNC2)cc1. The van der Waals surface area contributed by atoms with E-state index in [4.69, 9.17) is 0 Å². The molecule has 1 N–H and O–H groups in total. The van der Waals surface area contributed by atoms with Gasteiger partial charge in [0.2, 0.25) is 0 Å². The predicted octanol–water partition coefficient (Wildman–Crippen LogP) is 3.03. The summed E-state index contributed by atoms with van der Waals surface area (Å²) in [6.07, 6.45) is -5.55. The van der Waals surface area contributed by atoms with Gasteiger partial charge in [-0.2, -0.15) is 22.0 Å². The molecule has 1 aromatic rings. The first kappa shape index (κ1) is 12.3. The van der Waals surface area contributed by atoms with E-state index in [0.717, 1.165) is 30.8 Å². The van der Waals surface area contributed by atoms with Gasteiger partial charge >= 0.3 is 12.1 Å². The second-order valence-corrected chi connectivity index (χ2v) is 4.05. The van der Waals surface area contributed by atoms with Crippen LogP contribution in [0, 0.1) is 0 Å². The molecule has 0 amide bonds. The average Bonchev–Trinajstić information content (AvgIpc) is 2.14. The molecule has 2 rings (SSSR count). The summed E-state index contributed by atoms with van der Waals surface area (Å²) >= 11 is 0. The molecule has 1 nitrogen and oxygen atoms in total. The molecule has 1 aliphatic heterocycles. The highest BCUT2D eigenvalue weighted by atomic mass is 19.4. The van der Waals surface area contributed by atoms with Gasteiger partial charge in [-0.1, -0.05) is 24.3 Å². The molecular weight excluding hydrogens is 241 g/mol. The van der Waals surface area contributed by atoms with E-state index in [0.29, 0.717) is 0 Å². The Kier molecular flexibility index (Phi) is 2.85. The monoisotopic (exact) mass is 251 g/mol. The molecule has 1 fully saturated rings. The summed E-state index contributed by atoms with van der Waals surface area (Å²) in [4.78, 5) is 0. The smallest absolute Gasteiger partial charge is 0.315 e. The molecule has 0 aliphatic carbocycles. The summed E-state index contributed by atoms with van der Waals surface area (Å²) in [6.45, 7) is 1.46. The number of halogens is 5. The van der Waals surface area contributed by atoms with Gasteiger partial charge < -0.3 is 5.32 Å². The zero-order valence-corrected chi connectivity index (χ0v) is 8.69. The van der Waals surface area contributed by atoms with Crippen molar-refractivity contribution in [2.45, 2.75) is 18.0 Å². The van der Waals surface area contributed by atoms with Crippen molar-refractivity contribution in [3.05, 3.63) is 35.4 Å². The highest BCUT2D eigenvalue weighted by Gasteiger charge is 2.58. The fourth-order valence-electron chi connectivity index (χ4n) is 1.65. The van der Waals surface area contributed by atoms with E-state index in [1.165, 1.54) is 12.1 Å². The van der Waals surface area contributed by atoms with Crippen LogP contribution in [0.5, 0.6) is 0 Å². The minimum atomic E-state index is -5.55. The highest BCUT2D eigenvalue weighted by molar-refractivity contribution is 5.30. The van der Waals surface area contributed by atoms with Gasteiger partial charge in [0, 0.05) is 24.6 Å². The Bertz CT molecular complexity index is 391. The van der Waals surface area contributed by atoms with Gasteiger partial charge in [-0.15, -0.1) is 0 Å². The highest BCUT2D eigenvalue weighted by Crippen LogP contribution is 2.43. The lowest BCUT2D eigenvalue weighted by molar-refractivity contribution is -0.289. The number of hydrogen-bond donors (Lipinski definition) is 1. The maximum absolute atomic E-state index is 13.0. The third-order valence-electron chi connectivity index (χ3n) is 2.88. The van der Waals surface area contributed by atoms with E-state index in [1.54, 1.807) is 0 Å². The van der Waals surface area contributed by atoms with Crippen LogP contribution in [-0.2, 0) is 5.92 Å². The Hall–Kier alpha value is -1.17. The Morgan fingerprint density at radius 1 is 0.941 bits per heavy atom. The Morgan fingerprint density at radius 3 is 1.82 bits per heavy atom. The van der Waals surface area contributed by atoms with Crippen LogP contribution in [0.15, 0.2) is 24.3 Å². The van der Waals surface area contributed by atoms with Crippen molar-refractivity contribution in [2.75, 3.05) is 13.1 Å². The van der Waals surface area contributed by atoms with E-state index in [2.05, 4.69) is 5.32 Å². The Balaban J connectivity index is 2.22. The molecule has 1 aromatic carbocycles. The minimum absolute atomic E-state index is 0.212. The predicted molar refractivity (Wildman–Crippen MR) is 52.0 cm³/mol. The normalized spacial score (nSPS) is 17.9. The van der Waals surface area contributed by atoms with Crippen molar-refractivity contribution in [1.82, 2.24) is 5.32 Å².